The number of fused-ring (bicyclic) bond motifs is 1. The molecule has 8 nitrogen and oxygen atoms in total. The van der Waals surface area contributed by atoms with Gasteiger partial charge in [0.25, 0.3) is 5.91 Å². The molecular weight excluding hydrogens is 418 g/mol. The van der Waals surface area contributed by atoms with Gasteiger partial charge in [-0.25, -0.2) is 4.98 Å². The number of rotatable bonds is 7. The Balaban J connectivity index is 1.08. The highest BCUT2D eigenvalue weighted by Crippen LogP contribution is 2.42. The number of morpholine rings is 1. The number of amides is 1. The molecule has 1 aliphatic carbocycles. The highest BCUT2D eigenvalue weighted by Gasteiger charge is 2.40. The van der Waals surface area contributed by atoms with Crippen LogP contribution in [0.25, 0.3) is 10.9 Å². The summed E-state index contributed by atoms with van der Waals surface area (Å²) in [6, 6.07) is 11.8. The minimum Gasteiger partial charge on any atom is -0.504 e. The average Bonchev–Trinajstić information content (AvgIpc) is 3.39. The van der Waals surface area contributed by atoms with Crippen LogP contribution in [0.3, 0.4) is 0 Å². The molecule has 5 rings (SSSR count). The number of benzene rings is 1. The summed E-state index contributed by atoms with van der Waals surface area (Å²) in [7, 11) is 0. The normalized spacial score (nSPS) is 25.2. The summed E-state index contributed by atoms with van der Waals surface area (Å²) in [5.74, 6) is 1.38. The van der Waals surface area contributed by atoms with Gasteiger partial charge in [0.1, 0.15) is 5.69 Å². The lowest BCUT2D eigenvalue weighted by Gasteiger charge is -2.38. The second kappa shape index (κ2) is 9.03. The lowest BCUT2D eigenvalue weighted by Crippen LogP contribution is -2.46. The number of nitrogen functional groups attached to an aromatic ring is 1. The van der Waals surface area contributed by atoms with Crippen molar-refractivity contribution in [2.24, 2.45) is 11.8 Å². The van der Waals surface area contributed by atoms with Gasteiger partial charge in [-0.05, 0) is 49.8 Å². The minimum atomic E-state index is -0.118. The van der Waals surface area contributed by atoms with Crippen molar-refractivity contribution in [2.45, 2.75) is 31.9 Å². The van der Waals surface area contributed by atoms with Crippen LogP contribution >= 0.6 is 0 Å². The van der Waals surface area contributed by atoms with Gasteiger partial charge in [0.2, 0.25) is 0 Å². The lowest BCUT2D eigenvalue weighted by atomic mass is 10.1. The molecule has 1 aliphatic heterocycles. The molecule has 4 atom stereocenters. The molecule has 33 heavy (non-hydrogen) atoms. The fourth-order valence-electron chi connectivity index (χ4n) is 4.77. The van der Waals surface area contributed by atoms with Crippen molar-refractivity contribution in [3.05, 3.63) is 53.9 Å². The summed E-state index contributed by atoms with van der Waals surface area (Å²) in [5.41, 5.74) is 8.07. The molecule has 2 aromatic heterocycles. The van der Waals surface area contributed by atoms with Gasteiger partial charge < -0.3 is 25.9 Å². The van der Waals surface area contributed by atoms with E-state index in [0.29, 0.717) is 36.7 Å². The SMILES string of the molecule is C[C@H]1CO[C@@H](c2cnc(N)c(O)c2)CN1CC1CC1CCNC(=O)c1cc2ccccc2[nH]1. The van der Waals surface area contributed by atoms with Crippen LogP contribution in [0.15, 0.2) is 42.6 Å². The van der Waals surface area contributed by atoms with Gasteiger partial charge in [-0.2, -0.15) is 0 Å². The maximum absolute atomic E-state index is 12.5. The molecule has 2 aliphatic rings. The molecule has 2 unspecified atom stereocenters. The minimum absolute atomic E-state index is 0.00183. The van der Waals surface area contributed by atoms with Crippen molar-refractivity contribution >= 4 is 22.6 Å². The Morgan fingerprint density at radius 3 is 3.00 bits per heavy atom. The first-order valence-electron chi connectivity index (χ1n) is 11.6. The first-order valence-corrected chi connectivity index (χ1v) is 11.6. The number of H-pyrrole nitrogens is 1. The molecule has 174 valence electrons. The van der Waals surface area contributed by atoms with E-state index in [9.17, 15) is 9.90 Å². The Morgan fingerprint density at radius 2 is 2.18 bits per heavy atom. The average molecular weight is 450 g/mol. The van der Waals surface area contributed by atoms with Gasteiger partial charge in [-0.15, -0.1) is 0 Å². The molecule has 5 N–H and O–H groups in total. The second-order valence-electron chi connectivity index (χ2n) is 9.37. The Hall–Kier alpha value is -3.10. The highest BCUT2D eigenvalue weighted by atomic mass is 16.5. The number of carbonyl (C=O) groups is 1. The first-order chi connectivity index (χ1) is 16.0. The zero-order valence-corrected chi connectivity index (χ0v) is 18.8. The highest BCUT2D eigenvalue weighted by molar-refractivity contribution is 5.97. The van der Waals surface area contributed by atoms with E-state index in [0.717, 1.165) is 36.0 Å². The number of ether oxygens (including phenoxy) is 1. The van der Waals surface area contributed by atoms with Crippen molar-refractivity contribution in [1.82, 2.24) is 20.2 Å². The van der Waals surface area contributed by atoms with E-state index in [2.05, 4.69) is 27.1 Å². The molecule has 2 fully saturated rings. The van der Waals surface area contributed by atoms with Crippen molar-refractivity contribution in [3.8, 4) is 5.75 Å². The van der Waals surface area contributed by atoms with Gasteiger partial charge in [0.15, 0.2) is 11.6 Å². The van der Waals surface area contributed by atoms with Crippen LogP contribution in [0.2, 0.25) is 0 Å². The summed E-state index contributed by atoms with van der Waals surface area (Å²) in [6.07, 6.45) is 3.76. The van der Waals surface area contributed by atoms with Gasteiger partial charge in [0.05, 0.1) is 12.7 Å². The summed E-state index contributed by atoms with van der Waals surface area (Å²) in [6.45, 7) is 5.32. The van der Waals surface area contributed by atoms with Crippen molar-refractivity contribution in [1.29, 1.82) is 0 Å². The third-order valence-electron chi connectivity index (χ3n) is 6.97. The Kier molecular flexibility index (Phi) is 5.95. The summed E-state index contributed by atoms with van der Waals surface area (Å²) in [4.78, 5) is 22.2. The monoisotopic (exact) mass is 449 g/mol. The Bertz CT molecular complexity index is 1110. The molecular formula is C25H31N5O3. The molecule has 8 heteroatoms. The quantitative estimate of drug-likeness (QED) is 0.441. The smallest absolute Gasteiger partial charge is 0.267 e. The van der Waals surface area contributed by atoms with Crippen LogP contribution < -0.4 is 11.1 Å². The van der Waals surface area contributed by atoms with Crippen LogP contribution in [-0.2, 0) is 4.74 Å². The van der Waals surface area contributed by atoms with E-state index >= 15 is 0 Å². The second-order valence-corrected chi connectivity index (χ2v) is 9.37. The molecule has 0 spiro atoms. The standard InChI is InChI=1S/C25H31N5O3/c1-15-14-33-23(18-10-22(31)24(26)28-11-18)13-30(15)12-19-8-16(19)6-7-27-25(32)21-9-17-4-2-3-5-20(17)29-21/h2-5,9-11,15-16,19,23,29,31H,6-8,12-14H2,1H3,(H2,26,28)(H,27,32)/t15-,16?,19?,23+/m0/s1. The Labute approximate surface area is 193 Å². The number of aromatic amines is 1. The maximum Gasteiger partial charge on any atom is 0.267 e. The number of anilines is 1. The van der Waals surface area contributed by atoms with E-state index < -0.39 is 0 Å². The molecule has 1 aromatic carbocycles. The number of para-hydroxylation sites is 1. The fraction of sp³-hybridized carbons (Fsp3) is 0.440. The number of nitrogens with zero attached hydrogens (tertiary/aromatic N) is 2. The number of nitrogens with two attached hydrogens (primary N) is 1. The number of aromatic hydroxyl groups is 1. The number of carbonyl (C=O) groups excluding carboxylic acids is 1. The summed E-state index contributed by atoms with van der Waals surface area (Å²) >= 11 is 0. The molecule has 3 aromatic rings. The number of hydrogen-bond acceptors (Lipinski definition) is 6. The number of nitrogens with one attached hydrogen (secondary N) is 2. The third-order valence-corrected chi connectivity index (χ3v) is 6.97. The van der Waals surface area contributed by atoms with Crippen LogP contribution in [0.4, 0.5) is 5.82 Å². The van der Waals surface area contributed by atoms with Crippen LogP contribution in [0.1, 0.15) is 41.9 Å². The van der Waals surface area contributed by atoms with Crippen molar-refractivity contribution < 1.29 is 14.6 Å². The molecule has 0 bridgehead atoms. The van der Waals surface area contributed by atoms with E-state index in [1.54, 1.807) is 12.3 Å². The van der Waals surface area contributed by atoms with Crippen molar-refractivity contribution in [2.75, 3.05) is 32.0 Å². The summed E-state index contributed by atoms with van der Waals surface area (Å²) in [5, 5.41) is 14.0. The van der Waals surface area contributed by atoms with Crippen LogP contribution in [0.5, 0.6) is 5.75 Å². The number of pyridine rings is 1. The van der Waals surface area contributed by atoms with Gasteiger partial charge in [0, 0.05) is 48.3 Å². The number of aromatic nitrogens is 2. The molecule has 1 amide bonds. The first kappa shape index (κ1) is 21.7. The molecule has 1 saturated heterocycles. The molecule has 1 saturated carbocycles. The predicted octanol–water partition coefficient (Wildman–Crippen LogP) is 3.07. The van der Waals surface area contributed by atoms with Crippen LogP contribution in [-0.4, -0.2) is 58.2 Å². The number of hydrogen-bond donors (Lipinski definition) is 4. The van der Waals surface area contributed by atoms with Gasteiger partial charge in [-0.1, -0.05) is 18.2 Å². The summed E-state index contributed by atoms with van der Waals surface area (Å²) < 4.78 is 6.00. The topological polar surface area (TPSA) is 116 Å². The van der Waals surface area contributed by atoms with Gasteiger partial charge in [-0.3, -0.25) is 9.69 Å². The third kappa shape index (κ3) is 4.82. The van der Waals surface area contributed by atoms with Crippen molar-refractivity contribution in [3.63, 3.8) is 0 Å². The van der Waals surface area contributed by atoms with Gasteiger partial charge >= 0.3 is 0 Å². The van der Waals surface area contributed by atoms with E-state index in [4.69, 9.17) is 10.5 Å². The van der Waals surface area contributed by atoms with E-state index in [-0.39, 0.29) is 23.6 Å². The molecule has 0 radical (unpaired) electrons. The molecule has 3 heterocycles. The maximum atomic E-state index is 12.5. The largest absolute Gasteiger partial charge is 0.504 e. The predicted molar refractivity (Wildman–Crippen MR) is 127 cm³/mol. The lowest BCUT2D eigenvalue weighted by molar-refractivity contribution is -0.0620. The fourth-order valence-corrected chi connectivity index (χ4v) is 4.77. The zero-order valence-electron chi connectivity index (χ0n) is 18.8. The Morgan fingerprint density at radius 1 is 1.33 bits per heavy atom. The van der Waals surface area contributed by atoms with E-state index in [1.165, 1.54) is 6.42 Å². The zero-order chi connectivity index (χ0) is 22.9. The van der Waals surface area contributed by atoms with E-state index in [1.807, 2.05) is 30.3 Å². The van der Waals surface area contributed by atoms with Crippen LogP contribution in [0, 0.1) is 11.8 Å².